The second-order valence-electron chi connectivity index (χ2n) is 8.79. The van der Waals surface area contributed by atoms with Gasteiger partial charge < -0.3 is 9.64 Å². The highest BCUT2D eigenvalue weighted by Crippen LogP contribution is 2.33. The number of rotatable bonds is 8. The van der Waals surface area contributed by atoms with Crippen LogP contribution in [0.5, 0.6) is 5.75 Å². The minimum Gasteiger partial charge on any atom is -0.485 e. The Bertz CT molecular complexity index is 1370. The van der Waals surface area contributed by atoms with Gasteiger partial charge in [-0.2, -0.15) is 0 Å². The van der Waals surface area contributed by atoms with Gasteiger partial charge in [0.25, 0.3) is 5.56 Å². The van der Waals surface area contributed by atoms with Crippen LogP contribution in [-0.4, -0.2) is 22.6 Å². The monoisotopic (exact) mass is 469 g/mol. The van der Waals surface area contributed by atoms with Crippen LogP contribution < -0.4 is 15.2 Å². The summed E-state index contributed by atoms with van der Waals surface area (Å²) in [4.78, 5) is 20.7. The lowest BCUT2D eigenvalue weighted by Gasteiger charge is -2.34. The van der Waals surface area contributed by atoms with Crippen LogP contribution in [0.3, 0.4) is 0 Å². The van der Waals surface area contributed by atoms with Crippen molar-refractivity contribution in [2.75, 3.05) is 18.0 Å². The largest absolute Gasteiger partial charge is 0.485 e. The molecule has 0 saturated carbocycles. The standard InChI is InChI=1S/C29H28FN3O2/c1-21-26(32-17-9-18-32)29(34)33(19-16-22-10-4-2-5-11-22)28(31-21)24-14-8-15-25(30)27(24)35-20-23-12-6-3-7-13-23/h2-8,10-15H,9,16-20H2,1H3. The lowest BCUT2D eigenvalue weighted by molar-refractivity contribution is 0.291. The van der Waals surface area contributed by atoms with Crippen LogP contribution in [0.25, 0.3) is 11.4 Å². The Labute approximate surface area is 204 Å². The van der Waals surface area contributed by atoms with Crippen LogP contribution in [0.15, 0.2) is 83.7 Å². The number of ether oxygens (including phenoxy) is 1. The number of benzene rings is 3. The summed E-state index contributed by atoms with van der Waals surface area (Å²) in [5, 5.41) is 0. The summed E-state index contributed by atoms with van der Waals surface area (Å²) in [5.41, 5.74) is 3.72. The lowest BCUT2D eigenvalue weighted by Crippen LogP contribution is -2.43. The Hall–Kier alpha value is -3.93. The quantitative estimate of drug-likeness (QED) is 0.347. The highest BCUT2D eigenvalue weighted by molar-refractivity contribution is 5.67. The molecule has 1 aromatic heterocycles. The van der Waals surface area contributed by atoms with Crippen molar-refractivity contribution in [1.29, 1.82) is 0 Å². The maximum Gasteiger partial charge on any atom is 0.277 e. The van der Waals surface area contributed by atoms with E-state index in [9.17, 15) is 4.79 Å². The number of aryl methyl sites for hydroxylation is 2. The third kappa shape index (κ3) is 4.83. The normalized spacial score (nSPS) is 12.9. The molecule has 0 radical (unpaired) electrons. The van der Waals surface area contributed by atoms with Crippen molar-refractivity contribution in [3.05, 3.63) is 112 Å². The predicted octanol–water partition coefficient (Wildman–Crippen LogP) is 5.39. The zero-order valence-electron chi connectivity index (χ0n) is 19.8. The molecule has 0 N–H and O–H groups in total. The van der Waals surface area contributed by atoms with Crippen LogP contribution in [0, 0.1) is 12.7 Å². The number of anilines is 1. The summed E-state index contributed by atoms with van der Waals surface area (Å²) < 4.78 is 22.7. The fraction of sp³-hybridized carbons (Fsp3) is 0.241. The van der Waals surface area contributed by atoms with E-state index in [1.807, 2.05) is 67.6 Å². The molecule has 2 heterocycles. The first-order chi connectivity index (χ1) is 17.1. The van der Waals surface area contributed by atoms with Gasteiger partial charge in [0, 0.05) is 19.6 Å². The van der Waals surface area contributed by atoms with Gasteiger partial charge in [-0.05, 0) is 43.0 Å². The Kier molecular flexibility index (Phi) is 6.62. The zero-order valence-corrected chi connectivity index (χ0v) is 19.8. The number of halogens is 1. The summed E-state index contributed by atoms with van der Waals surface area (Å²) in [6, 6.07) is 24.4. The van der Waals surface area contributed by atoms with Gasteiger partial charge >= 0.3 is 0 Å². The second kappa shape index (κ2) is 10.1. The Morgan fingerprint density at radius 1 is 0.914 bits per heavy atom. The number of hydrogen-bond acceptors (Lipinski definition) is 4. The summed E-state index contributed by atoms with van der Waals surface area (Å²) in [5.74, 6) is 0.0508. The third-order valence-corrected chi connectivity index (χ3v) is 6.39. The molecule has 0 aliphatic carbocycles. The first-order valence-electron chi connectivity index (χ1n) is 12.0. The molecule has 0 unspecified atom stereocenters. The first kappa shape index (κ1) is 22.8. The molecule has 35 heavy (non-hydrogen) atoms. The fourth-order valence-electron chi connectivity index (χ4n) is 4.41. The van der Waals surface area contributed by atoms with Gasteiger partial charge in [0.05, 0.1) is 11.3 Å². The SMILES string of the molecule is Cc1nc(-c2cccc(F)c2OCc2ccccc2)n(CCc2ccccc2)c(=O)c1N1CCC1. The number of hydrogen-bond donors (Lipinski definition) is 0. The van der Waals surface area contributed by atoms with Crippen LogP contribution in [0.2, 0.25) is 0 Å². The minimum absolute atomic E-state index is 0.0959. The molecule has 1 aliphatic rings. The molecule has 1 fully saturated rings. The average Bonchev–Trinajstić information content (AvgIpc) is 2.85. The highest BCUT2D eigenvalue weighted by Gasteiger charge is 2.25. The number of aromatic nitrogens is 2. The average molecular weight is 470 g/mol. The second-order valence-corrected chi connectivity index (χ2v) is 8.79. The third-order valence-electron chi connectivity index (χ3n) is 6.39. The molecule has 0 spiro atoms. The molecule has 0 amide bonds. The van der Waals surface area contributed by atoms with Gasteiger partial charge in [-0.3, -0.25) is 9.36 Å². The van der Waals surface area contributed by atoms with Crippen molar-refractivity contribution >= 4 is 5.69 Å². The van der Waals surface area contributed by atoms with Crippen molar-refractivity contribution in [3.63, 3.8) is 0 Å². The Morgan fingerprint density at radius 3 is 2.26 bits per heavy atom. The molecule has 3 aromatic carbocycles. The van der Waals surface area contributed by atoms with Gasteiger partial charge in [-0.25, -0.2) is 9.37 Å². The highest BCUT2D eigenvalue weighted by atomic mass is 19.1. The molecule has 1 saturated heterocycles. The molecular formula is C29H28FN3O2. The number of para-hydroxylation sites is 1. The Balaban J connectivity index is 1.58. The molecule has 6 heteroatoms. The Morgan fingerprint density at radius 2 is 1.60 bits per heavy atom. The maximum atomic E-state index is 15.0. The van der Waals surface area contributed by atoms with Gasteiger partial charge in [0.2, 0.25) is 0 Å². The molecule has 0 bridgehead atoms. The molecule has 1 aliphatic heterocycles. The van der Waals surface area contributed by atoms with E-state index >= 15 is 4.39 Å². The van der Waals surface area contributed by atoms with Gasteiger partial charge in [-0.15, -0.1) is 0 Å². The topological polar surface area (TPSA) is 47.4 Å². The van der Waals surface area contributed by atoms with Crippen LogP contribution in [0.4, 0.5) is 10.1 Å². The van der Waals surface area contributed by atoms with E-state index < -0.39 is 5.82 Å². The molecule has 0 atom stereocenters. The van der Waals surface area contributed by atoms with Crippen LogP contribution >= 0.6 is 0 Å². The molecular weight excluding hydrogens is 441 g/mol. The van der Waals surface area contributed by atoms with Crippen LogP contribution in [-0.2, 0) is 19.6 Å². The van der Waals surface area contributed by atoms with E-state index in [1.54, 1.807) is 16.7 Å². The van der Waals surface area contributed by atoms with Crippen LogP contribution in [0.1, 0.15) is 23.2 Å². The first-order valence-corrected chi connectivity index (χ1v) is 12.0. The van der Waals surface area contributed by atoms with E-state index in [4.69, 9.17) is 9.72 Å². The summed E-state index contributed by atoms with van der Waals surface area (Å²) in [7, 11) is 0. The fourth-order valence-corrected chi connectivity index (χ4v) is 4.41. The number of nitrogens with zero attached hydrogens (tertiary/aromatic N) is 3. The lowest BCUT2D eigenvalue weighted by atomic mass is 10.1. The summed E-state index contributed by atoms with van der Waals surface area (Å²) >= 11 is 0. The molecule has 5 rings (SSSR count). The van der Waals surface area contributed by atoms with E-state index in [0.717, 1.165) is 30.6 Å². The summed E-state index contributed by atoms with van der Waals surface area (Å²) in [6.45, 7) is 4.20. The van der Waals surface area contributed by atoms with Gasteiger partial charge in [0.1, 0.15) is 18.1 Å². The van der Waals surface area contributed by atoms with Crippen molar-refractivity contribution in [2.24, 2.45) is 0 Å². The zero-order chi connectivity index (χ0) is 24.2. The predicted molar refractivity (Wildman–Crippen MR) is 136 cm³/mol. The van der Waals surface area contributed by atoms with E-state index in [1.165, 1.54) is 6.07 Å². The van der Waals surface area contributed by atoms with E-state index in [2.05, 4.69) is 4.90 Å². The molecule has 5 nitrogen and oxygen atoms in total. The summed E-state index contributed by atoms with van der Waals surface area (Å²) in [6.07, 6.45) is 1.72. The smallest absolute Gasteiger partial charge is 0.277 e. The van der Waals surface area contributed by atoms with Crippen molar-refractivity contribution in [2.45, 2.75) is 32.9 Å². The molecule has 178 valence electrons. The van der Waals surface area contributed by atoms with Crippen molar-refractivity contribution in [3.8, 4) is 17.1 Å². The van der Waals surface area contributed by atoms with Crippen molar-refractivity contribution < 1.29 is 9.13 Å². The van der Waals surface area contributed by atoms with Gasteiger partial charge in [0.15, 0.2) is 11.6 Å². The molecule has 4 aromatic rings. The van der Waals surface area contributed by atoms with E-state index in [0.29, 0.717) is 35.7 Å². The maximum absolute atomic E-state index is 15.0. The minimum atomic E-state index is -0.480. The van der Waals surface area contributed by atoms with E-state index in [-0.39, 0.29) is 17.9 Å². The van der Waals surface area contributed by atoms with Gasteiger partial charge in [-0.1, -0.05) is 66.7 Å². The van der Waals surface area contributed by atoms with Crippen molar-refractivity contribution in [1.82, 2.24) is 9.55 Å².